The molecule has 6 heteroatoms. The van der Waals surface area contributed by atoms with Crippen LogP contribution in [-0.4, -0.2) is 6.54 Å². The number of rotatable bonds is 4. The maximum atomic E-state index is 6.14. The van der Waals surface area contributed by atoms with Crippen LogP contribution < -0.4 is 5.32 Å². The van der Waals surface area contributed by atoms with Crippen LogP contribution in [0, 0.1) is 6.92 Å². The van der Waals surface area contributed by atoms with Crippen LogP contribution >= 0.6 is 66.1 Å². The molecule has 2 rings (SSSR count). The maximum absolute atomic E-state index is 6.14. The first-order valence-corrected chi connectivity index (χ1v) is 9.06. The van der Waals surface area contributed by atoms with Gasteiger partial charge in [0.15, 0.2) is 0 Å². The molecule has 0 spiro atoms. The zero-order valence-electron chi connectivity index (χ0n) is 9.89. The average molecular weight is 430 g/mol. The van der Waals surface area contributed by atoms with E-state index in [0.717, 1.165) is 15.4 Å². The highest BCUT2D eigenvalue weighted by molar-refractivity contribution is 9.11. The second kappa shape index (κ2) is 6.37. The number of thiophene rings is 2. The van der Waals surface area contributed by atoms with Crippen molar-refractivity contribution in [2.45, 2.75) is 19.9 Å². The molecule has 0 radical (unpaired) electrons. The van der Waals surface area contributed by atoms with E-state index in [9.17, 15) is 0 Å². The summed E-state index contributed by atoms with van der Waals surface area (Å²) in [7, 11) is 0. The Morgan fingerprint density at radius 2 is 1.94 bits per heavy atom. The van der Waals surface area contributed by atoms with Gasteiger partial charge in [-0.25, -0.2) is 0 Å². The summed E-state index contributed by atoms with van der Waals surface area (Å²) in [5.74, 6) is 0. The van der Waals surface area contributed by atoms with E-state index < -0.39 is 0 Å². The van der Waals surface area contributed by atoms with E-state index in [4.69, 9.17) is 11.6 Å². The molecule has 2 aromatic rings. The van der Waals surface area contributed by atoms with E-state index in [1.807, 2.05) is 0 Å². The number of hydrogen-bond acceptors (Lipinski definition) is 3. The van der Waals surface area contributed by atoms with Gasteiger partial charge in [-0.2, -0.15) is 0 Å². The quantitative estimate of drug-likeness (QED) is 0.629. The molecule has 0 aromatic carbocycles. The molecule has 18 heavy (non-hydrogen) atoms. The largest absolute Gasteiger partial charge is 0.305 e. The van der Waals surface area contributed by atoms with Gasteiger partial charge in [0.25, 0.3) is 0 Å². The third-order valence-corrected chi connectivity index (χ3v) is 7.26. The minimum absolute atomic E-state index is 0.221. The predicted molar refractivity (Wildman–Crippen MR) is 89.3 cm³/mol. The number of aryl methyl sites for hydroxylation is 1. The van der Waals surface area contributed by atoms with Crippen LogP contribution in [0.3, 0.4) is 0 Å². The Morgan fingerprint density at radius 1 is 1.28 bits per heavy atom. The average Bonchev–Trinajstić information content (AvgIpc) is 2.81. The molecule has 1 N–H and O–H groups in total. The smallest absolute Gasteiger partial charge is 0.107 e. The fourth-order valence-electron chi connectivity index (χ4n) is 1.68. The Labute approximate surface area is 137 Å². The van der Waals surface area contributed by atoms with Crippen molar-refractivity contribution in [1.29, 1.82) is 0 Å². The topological polar surface area (TPSA) is 12.0 Å². The Balaban J connectivity index is 2.39. The van der Waals surface area contributed by atoms with Crippen LogP contribution in [0.5, 0.6) is 0 Å². The van der Waals surface area contributed by atoms with Gasteiger partial charge in [0.2, 0.25) is 0 Å². The van der Waals surface area contributed by atoms with Crippen LogP contribution in [0.15, 0.2) is 20.4 Å². The SMILES string of the molecule is CCNC(c1cc(Br)c(Cl)s1)c1cc(C)c(Br)s1. The van der Waals surface area contributed by atoms with Crippen molar-refractivity contribution in [3.8, 4) is 0 Å². The van der Waals surface area contributed by atoms with Gasteiger partial charge in [0.05, 0.1) is 9.83 Å². The number of hydrogen-bond donors (Lipinski definition) is 1. The summed E-state index contributed by atoms with van der Waals surface area (Å²) in [4.78, 5) is 2.55. The monoisotopic (exact) mass is 427 g/mol. The highest BCUT2D eigenvalue weighted by atomic mass is 79.9. The first-order chi connectivity index (χ1) is 8.52. The molecule has 0 bridgehead atoms. The second-order valence-corrected chi connectivity index (χ2v) is 8.81. The number of nitrogens with one attached hydrogen (secondary N) is 1. The van der Waals surface area contributed by atoms with Crippen LogP contribution in [0.1, 0.15) is 28.3 Å². The lowest BCUT2D eigenvalue weighted by atomic mass is 10.2. The van der Waals surface area contributed by atoms with Crippen LogP contribution in [0.25, 0.3) is 0 Å². The first kappa shape index (κ1) is 15.0. The van der Waals surface area contributed by atoms with E-state index in [1.165, 1.54) is 19.1 Å². The predicted octanol–water partition coefficient (Wildman–Crippen LogP) is 6.00. The summed E-state index contributed by atoms with van der Waals surface area (Å²) in [6, 6.07) is 4.55. The molecule has 1 unspecified atom stereocenters. The molecule has 0 amide bonds. The lowest BCUT2D eigenvalue weighted by molar-refractivity contribution is 0.648. The fraction of sp³-hybridized carbons (Fsp3) is 0.333. The zero-order valence-corrected chi connectivity index (χ0v) is 15.5. The molecular weight excluding hydrogens is 418 g/mol. The van der Waals surface area contributed by atoms with Crippen molar-refractivity contribution in [2.75, 3.05) is 6.54 Å². The molecule has 0 saturated heterocycles. The Hall–Kier alpha value is 0.610. The minimum Gasteiger partial charge on any atom is -0.305 e. The first-order valence-electron chi connectivity index (χ1n) is 5.46. The van der Waals surface area contributed by atoms with Gasteiger partial charge >= 0.3 is 0 Å². The molecule has 0 aliphatic carbocycles. The summed E-state index contributed by atoms with van der Waals surface area (Å²) in [6.07, 6.45) is 0. The molecule has 0 fully saturated rings. The van der Waals surface area contributed by atoms with Gasteiger partial charge < -0.3 is 5.32 Å². The molecule has 1 nitrogen and oxygen atoms in total. The normalized spacial score (nSPS) is 12.9. The van der Waals surface area contributed by atoms with Gasteiger partial charge in [-0.3, -0.25) is 0 Å². The summed E-state index contributed by atoms with van der Waals surface area (Å²) in [5, 5.41) is 3.52. The van der Waals surface area contributed by atoms with E-state index in [-0.39, 0.29) is 6.04 Å². The molecule has 2 heterocycles. The van der Waals surface area contributed by atoms with Crippen molar-refractivity contribution in [3.05, 3.63) is 40.0 Å². The summed E-state index contributed by atoms with van der Waals surface area (Å²) < 4.78 is 2.97. The van der Waals surface area contributed by atoms with Gasteiger partial charge in [-0.05, 0) is 63.0 Å². The van der Waals surface area contributed by atoms with Crippen molar-refractivity contribution in [3.63, 3.8) is 0 Å². The Bertz CT molecular complexity index is 465. The molecular formula is C12H12Br2ClNS2. The summed E-state index contributed by atoms with van der Waals surface area (Å²) >= 11 is 16.6. The highest BCUT2D eigenvalue weighted by Crippen LogP contribution is 2.40. The Morgan fingerprint density at radius 3 is 2.39 bits per heavy atom. The maximum Gasteiger partial charge on any atom is 0.107 e. The van der Waals surface area contributed by atoms with Crippen LogP contribution in [0.4, 0.5) is 0 Å². The van der Waals surface area contributed by atoms with Gasteiger partial charge in [-0.15, -0.1) is 22.7 Å². The van der Waals surface area contributed by atoms with Gasteiger partial charge in [0, 0.05) is 14.2 Å². The Kier molecular flexibility index (Phi) is 5.31. The molecule has 2 aromatic heterocycles. The minimum atomic E-state index is 0.221. The van der Waals surface area contributed by atoms with Gasteiger partial charge in [-0.1, -0.05) is 18.5 Å². The number of halogens is 3. The zero-order chi connectivity index (χ0) is 13.3. The van der Waals surface area contributed by atoms with E-state index in [1.54, 1.807) is 22.7 Å². The van der Waals surface area contributed by atoms with Gasteiger partial charge in [0.1, 0.15) is 4.34 Å². The molecule has 98 valence electrons. The molecule has 0 aliphatic rings. The molecule has 0 aliphatic heterocycles. The highest BCUT2D eigenvalue weighted by Gasteiger charge is 2.19. The summed E-state index contributed by atoms with van der Waals surface area (Å²) in [6.45, 7) is 5.16. The third kappa shape index (κ3) is 3.19. The fourth-order valence-corrected chi connectivity index (χ4v) is 5.25. The molecule has 0 saturated carbocycles. The third-order valence-electron chi connectivity index (χ3n) is 2.52. The lowest BCUT2D eigenvalue weighted by Gasteiger charge is -2.14. The standard InChI is InChI=1S/C12H12Br2ClNS2/c1-3-16-10(8-4-6(2)11(14)17-8)9-5-7(13)12(15)18-9/h4-5,10,16H,3H2,1-2H3. The van der Waals surface area contributed by atoms with Crippen molar-refractivity contribution in [1.82, 2.24) is 5.32 Å². The second-order valence-electron chi connectivity index (χ2n) is 3.87. The van der Waals surface area contributed by atoms with Crippen LogP contribution in [-0.2, 0) is 0 Å². The van der Waals surface area contributed by atoms with E-state index in [2.05, 4.69) is 63.2 Å². The van der Waals surface area contributed by atoms with Crippen molar-refractivity contribution >= 4 is 66.1 Å². The lowest BCUT2D eigenvalue weighted by Crippen LogP contribution is -2.20. The van der Waals surface area contributed by atoms with Crippen molar-refractivity contribution in [2.24, 2.45) is 0 Å². The van der Waals surface area contributed by atoms with E-state index >= 15 is 0 Å². The van der Waals surface area contributed by atoms with E-state index in [0.29, 0.717) is 0 Å². The molecule has 1 atom stereocenters. The van der Waals surface area contributed by atoms with Crippen molar-refractivity contribution < 1.29 is 0 Å². The summed E-state index contributed by atoms with van der Waals surface area (Å²) in [5.41, 5.74) is 1.28. The van der Waals surface area contributed by atoms with Crippen LogP contribution in [0.2, 0.25) is 4.34 Å².